The number of hydrogen-bond donors (Lipinski definition) is 2. The molecule has 2 rings (SSSR count). The van der Waals surface area contributed by atoms with Crippen LogP contribution in [0, 0.1) is 18.6 Å². The van der Waals surface area contributed by atoms with Crippen molar-refractivity contribution in [3.05, 3.63) is 51.4 Å². The first kappa shape index (κ1) is 13.9. The van der Waals surface area contributed by atoms with Gasteiger partial charge in [0.15, 0.2) is 11.6 Å². The molecule has 0 fully saturated rings. The van der Waals surface area contributed by atoms with Crippen molar-refractivity contribution in [1.29, 1.82) is 0 Å². The number of aryl methyl sites for hydroxylation is 1. The highest BCUT2D eigenvalue weighted by molar-refractivity contribution is 5.70. The summed E-state index contributed by atoms with van der Waals surface area (Å²) in [5.41, 5.74) is -0.148. The average molecular weight is 280 g/mol. The van der Waals surface area contributed by atoms with Crippen LogP contribution >= 0.6 is 0 Å². The Bertz CT molecular complexity index is 741. The minimum atomic E-state index is -1.15. The van der Waals surface area contributed by atoms with Gasteiger partial charge in [-0.25, -0.2) is 13.8 Å². The maximum Gasteiger partial charge on any atom is 0.308 e. The Labute approximate surface area is 111 Å². The molecule has 0 aliphatic rings. The molecule has 20 heavy (non-hydrogen) atoms. The van der Waals surface area contributed by atoms with E-state index in [1.807, 2.05) is 0 Å². The first-order valence-electron chi connectivity index (χ1n) is 5.65. The number of carbonyl (C=O) groups is 1. The molecule has 0 atom stereocenters. The van der Waals surface area contributed by atoms with Crippen molar-refractivity contribution >= 4 is 5.97 Å². The lowest BCUT2D eigenvalue weighted by molar-refractivity contribution is -0.136. The molecule has 0 saturated heterocycles. The van der Waals surface area contributed by atoms with Crippen LogP contribution in [0.5, 0.6) is 0 Å². The van der Waals surface area contributed by atoms with Crippen LogP contribution < -0.4 is 5.56 Å². The number of aliphatic carboxylic acids is 1. The third-order valence-electron chi connectivity index (χ3n) is 2.74. The van der Waals surface area contributed by atoms with E-state index >= 15 is 0 Å². The van der Waals surface area contributed by atoms with Gasteiger partial charge in [0.05, 0.1) is 6.42 Å². The van der Waals surface area contributed by atoms with Crippen LogP contribution in [0.1, 0.15) is 11.3 Å². The molecule has 0 radical (unpaired) electrons. The van der Waals surface area contributed by atoms with Crippen LogP contribution in [-0.2, 0) is 11.2 Å². The van der Waals surface area contributed by atoms with E-state index < -0.39 is 29.6 Å². The summed E-state index contributed by atoms with van der Waals surface area (Å²) in [4.78, 5) is 28.8. The van der Waals surface area contributed by atoms with E-state index in [1.165, 1.54) is 13.0 Å². The van der Waals surface area contributed by atoms with Crippen molar-refractivity contribution in [2.45, 2.75) is 13.3 Å². The van der Waals surface area contributed by atoms with Gasteiger partial charge in [0.1, 0.15) is 5.82 Å². The van der Waals surface area contributed by atoms with Crippen molar-refractivity contribution < 1.29 is 18.7 Å². The van der Waals surface area contributed by atoms with Gasteiger partial charge in [0.2, 0.25) is 0 Å². The lowest BCUT2D eigenvalue weighted by Gasteiger charge is -2.06. The molecular formula is C13H10F2N2O3. The van der Waals surface area contributed by atoms with E-state index in [1.54, 1.807) is 0 Å². The van der Waals surface area contributed by atoms with E-state index in [0.29, 0.717) is 0 Å². The number of halogens is 2. The fraction of sp³-hybridized carbons (Fsp3) is 0.154. The minimum absolute atomic E-state index is 0.0313. The number of rotatable bonds is 3. The fourth-order valence-corrected chi connectivity index (χ4v) is 1.75. The van der Waals surface area contributed by atoms with Crippen molar-refractivity contribution in [1.82, 2.24) is 9.97 Å². The molecule has 104 valence electrons. The second kappa shape index (κ2) is 5.20. The molecule has 0 aliphatic carbocycles. The summed E-state index contributed by atoms with van der Waals surface area (Å²) in [5, 5.41) is 8.70. The molecule has 1 heterocycles. The van der Waals surface area contributed by atoms with Crippen LogP contribution in [0.4, 0.5) is 8.78 Å². The Morgan fingerprint density at radius 1 is 1.35 bits per heavy atom. The van der Waals surface area contributed by atoms with Gasteiger partial charge in [-0.2, -0.15) is 0 Å². The number of nitrogens with zero attached hydrogens (tertiary/aromatic N) is 1. The summed E-state index contributed by atoms with van der Waals surface area (Å²) in [6, 6.07) is 3.10. The normalized spacial score (nSPS) is 10.6. The average Bonchev–Trinajstić information content (AvgIpc) is 2.36. The second-order valence-corrected chi connectivity index (χ2v) is 4.18. The van der Waals surface area contributed by atoms with Gasteiger partial charge in [0.25, 0.3) is 5.56 Å². The Kier molecular flexibility index (Phi) is 3.60. The van der Waals surface area contributed by atoms with Crippen LogP contribution in [-0.4, -0.2) is 21.0 Å². The molecule has 0 amide bonds. The molecule has 7 heteroatoms. The predicted octanol–water partition coefficient (Wildman–Crippen LogP) is 1.65. The molecule has 1 aromatic heterocycles. The molecule has 0 unspecified atom stereocenters. The SMILES string of the molecule is Cc1nc(-c2ccc(F)c(F)c2)[nH]c(=O)c1CC(=O)O. The number of hydrogen-bond acceptors (Lipinski definition) is 3. The summed E-state index contributed by atoms with van der Waals surface area (Å²) >= 11 is 0. The predicted molar refractivity (Wildman–Crippen MR) is 66.3 cm³/mol. The molecule has 2 aromatic rings. The van der Waals surface area contributed by atoms with E-state index in [-0.39, 0.29) is 22.6 Å². The highest BCUT2D eigenvalue weighted by Gasteiger charge is 2.13. The van der Waals surface area contributed by atoms with E-state index in [2.05, 4.69) is 9.97 Å². The molecule has 1 aromatic carbocycles. The van der Waals surface area contributed by atoms with Crippen LogP contribution in [0.3, 0.4) is 0 Å². The number of carboxylic acids is 1. The first-order chi connectivity index (χ1) is 9.38. The molecule has 0 saturated carbocycles. The van der Waals surface area contributed by atoms with E-state index in [4.69, 9.17) is 5.11 Å². The number of carboxylic acid groups (broad SMARTS) is 1. The summed E-state index contributed by atoms with van der Waals surface area (Å²) in [7, 11) is 0. The number of H-pyrrole nitrogens is 1. The Morgan fingerprint density at radius 2 is 2.05 bits per heavy atom. The van der Waals surface area contributed by atoms with Gasteiger partial charge in [-0.15, -0.1) is 0 Å². The number of nitrogens with one attached hydrogen (secondary N) is 1. The van der Waals surface area contributed by atoms with Gasteiger partial charge >= 0.3 is 5.97 Å². The largest absolute Gasteiger partial charge is 0.481 e. The van der Waals surface area contributed by atoms with Crippen molar-refractivity contribution in [2.24, 2.45) is 0 Å². The van der Waals surface area contributed by atoms with Crippen LogP contribution in [0.15, 0.2) is 23.0 Å². The zero-order valence-electron chi connectivity index (χ0n) is 10.4. The monoisotopic (exact) mass is 280 g/mol. The highest BCUT2D eigenvalue weighted by atomic mass is 19.2. The van der Waals surface area contributed by atoms with Gasteiger partial charge < -0.3 is 10.1 Å². The zero-order chi connectivity index (χ0) is 14.9. The number of benzene rings is 1. The van der Waals surface area contributed by atoms with Gasteiger partial charge in [-0.1, -0.05) is 0 Å². The topological polar surface area (TPSA) is 83.0 Å². The summed E-state index contributed by atoms with van der Waals surface area (Å²) < 4.78 is 26.0. The maximum absolute atomic E-state index is 13.1. The summed E-state index contributed by atoms with van der Waals surface area (Å²) in [6.45, 7) is 1.48. The second-order valence-electron chi connectivity index (χ2n) is 4.18. The number of aromatic nitrogens is 2. The molecular weight excluding hydrogens is 270 g/mol. The van der Waals surface area contributed by atoms with Crippen LogP contribution in [0.25, 0.3) is 11.4 Å². The van der Waals surface area contributed by atoms with E-state index in [0.717, 1.165) is 12.1 Å². The first-order valence-corrected chi connectivity index (χ1v) is 5.65. The van der Waals surface area contributed by atoms with Gasteiger partial charge in [0, 0.05) is 16.8 Å². The molecule has 0 aliphatic heterocycles. The molecule has 5 nitrogen and oxygen atoms in total. The summed E-state index contributed by atoms with van der Waals surface area (Å²) in [5.74, 6) is -3.16. The Balaban J connectivity index is 2.52. The smallest absolute Gasteiger partial charge is 0.308 e. The molecule has 0 bridgehead atoms. The quantitative estimate of drug-likeness (QED) is 0.895. The molecule has 2 N–H and O–H groups in total. The van der Waals surface area contributed by atoms with Crippen molar-refractivity contribution in [3.8, 4) is 11.4 Å². The van der Waals surface area contributed by atoms with Gasteiger partial charge in [-0.05, 0) is 25.1 Å². The van der Waals surface area contributed by atoms with Crippen molar-refractivity contribution in [3.63, 3.8) is 0 Å². The van der Waals surface area contributed by atoms with Crippen molar-refractivity contribution in [2.75, 3.05) is 0 Å². The lowest BCUT2D eigenvalue weighted by Crippen LogP contribution is -2.20. The Morgan fingerprint density at radius 3 is 2.60 bits per heavy atom. The van der Waals surface area contributed by atoms with Crippen LogP contribution in [0.2, 0.25) is 0 Å². The zero-order valence-corrected chi connectivity index (χ0v) is 10.4. The maximum atomic E-state index is 13.1. The van der Waals surface area contributed by atoms with Gasteiger partial charge in [-0.3, -0.25) is 9.59 Å². The number of aromatic amines is 1. The fourth-order valence-electron chi connectivity index (χ4n) is 1.75. The molecule has 0 spiro atoms. The minimum Gasteiger partial charge on any atom is -0.481 e. The van der Waals surface area contributed by atoms with E-state index in [9.17, 15) is 18.4 Å². The third-order valence-corrected chi connectivity index (χ3v) is 2.74. The summed E-state index contributed by atoms with van der Waals surface area (Å²) in [6.07, 6.45) is -0.452. The standard InChI is InChI=1S/C13H10F2N2O3/c1-6-8(5-11(18)19)13(20)17-12(16-6)7-2-3-9(14)10(15)4-7/h2-4H,5H2,1H3,(H,18,19)(H,16,17,20). The highest BCUT2D eigenvalue weighted by Crippen LogP contribution is 2.17. The lowest BCUT2D eigenvalue weighted by atomic mass is 10.1. The third kappa shape index (κ3) is 2.71. The Hall–Kier alpha value is -2.57.